The Kier molecular flexibility index (Phi) is 6.94. The van der Waals surface area contributed by atoms with Gasteiger partial charge in [-0.15, -0.1) is 12.4 Å². The summed E-state index contributed by atoms with van der Waals surface area (Å²) in [5.41, 5.74) is 6.18. The zero-order valence-corrected chi connectivity index (χ0v) is 10.6. The molecule has 18 heavy (non-hydrogen) atoms. The molecule has 0 aliphatic carbocycles. The average molecular weight is 273 g/mol. The van der Waals surface area contributed by atoms with Crippen LogP contribution in [0.1, 0.15) is 24.1 Å². The second-order valence-corrected chi connectivity index (χ2v) is 3.38. The van der Waals surface area contributed by atoms with E-state index in [4.69, 9.17) is 11.0 Å². The van der Waals surface area contributed by atoms with Crippen LogP contribution in [0.5, 0.6) is 0 Å². The second-order valence-electron chi connectivity index (χ2n) is 3.38. The lowest BCUT2D eigenvalue weighted by Crippen LogP contribution is -2.32. The molecular weight excluding hydrogens is 259 g/mol. The molecule has 1 unspecified atom stereocenters. The van der Waals surface area contributed by atoms with Gasteiger partial charge in [-0.3, -0.25) is 0 Å². The van der Waals surface area contributed by atoms with E-state index >= 15 is 0 Å². The number of ether oxygens (including phenoxy) is 1. The lowest BCUT2D eigenvalue weighted by atomic mass is 9.98. The molecule has 0 heterocycles. The minimum absolute atomic E-state index is 0. The molecule has 2 N–H and O–H groups in total. The van der Waals surface area contributed by atoms with Crippen molar-refractivity contribution in [2.24, 2.45) is 5.73 Å². The monoisotopic (exact) mass is 272 g/mol. The van der Waals surface area contributed by atoms with Crippen LogP contribution in [-0.4, -0.2) is 18.7 Å². The molecule has 0 amide bonds. The average Bonchev–Trinajstić information content (AvgIpc) is 2.37. The highest BCUT2D eigenvalue weighted by Gasteiger charge is 2.29. The van der Waals surface area contributed by atoms with E-state index in [1.807, 2.05) is 6.07 Å². The number of hydrogen-bond acceptors (Lipinski definition) is 4. The van der Waals surface area contributed by atoms with Crippen LogP contribution >= 0.6 is 12.4 Å². The highest BCUT2D eigenvalue weighted by atomic mass is 35.5. The smallest absolute Gasteiger partial charge is 0.342 e. The van der Waals surface area contributed by atoms with Crippen LogP contribution < -0.4 is 5.73 Å². The van der Waals surface area contributed by atoms with Gasteiger partial charge in [-0.25, -0.2) is 9.18 Å². The van der Waals surface area contributed by atoms with Crippen LogP contribution in [0.25, 0.3) is 0 Å². The summed E-state index contributed by atoms with van der Waals surface area (Å²) < 4.78 is 18.2. The van der Waals surface area contributed by atoms with E-state index in [1.54, 1.807) is 19.1 Å². The number of hydrogen-bond donors (Lipinski definition) is 1. The first-order valence-corrected chi connectivity index (χ1v) is 5.17. The van der Waals surface area contributed by atoms with Crippen molar-refractivity contribution in [3.05, 3.63) is 35.4 Å². The third kappa shape index (κ3) is 3.69. The number of carbonyl (C=O) groups is 1. The summed E-state index contributed by atoms with van der Waals surface area (Å²) in [5.74, 6) is -1.01. The Hall–Kier alpha value is -1.64. The molecule has 98 valence electrons. The molecule has 0 saturated heterocycles. The van der Waals surface area contributed by atoms with Crippen LogP contribution in [0.2, 0.25) is 0 Å². The van der Waals surface area contributed by atoms with Crippen molar-refractivity contribution in [1.82, 2.24) is 0 Å². The topological polar surface area (TPSA) is 76.1 Å². The van der Waals surface area contributed by atoms with E-state index in [-0.39, 0.29) is 24.6 Å². The van der Waals surface area contributed by atoms with Crippen molar-refractivity contribution in [1.29, 1.82) is 5.26 Å². The van der Waals surface area contributed by atoms with E-state index in [2.05, 4.69) is 4.74 Å². The molecule has 4 nitrogen and oxygen atoms in total. The molecule has 1 aromatic rings. The second kappa shape index (κ2) is 7.64. The Morgan fingerprint density at radius 2 is 2.17 bits per heavy atom. The van der Waals surface area contributed by atoms with E-state index in [0.717, 1.165) is 0 Å². The molecule has 1 rings (SSSR count). The van der Waals surface area contributed by atoms with Crippen molar-refractivity contribution in [3.8, 4) is 6.07 Å². The first-order valence-electron chi connectivity index (χ1n) is 5.17. The Morgan fingerprint density at radius 3 is 2.72 bits per heavy atom. The van der Waals surface area contributed by atoms with E-state index in [1.165, 1.54) is 12.1 Å². The van der Waals surface area contributed by atoms with Gasteiger partial charge in [0.2, 0.25) is 6.17 Å². The first-order chi connectivity index (χ1) is 8.11. The van der Waals surface area contributed by atoms with Crippen molar-refractivity contribution >= 4 is 18.4 Å². The number of alkyl halides is 1. The van der Waals surface area contributed by atoms with Gasteiger partial charge in [0.1, 0.15) is 0 Å². The predicted molar refractivity (Wildman–Crippen MR) is 66.9 cm³/mol. The summed E-state index contributed by atoms with van der Waals surface area (Å²) in [6.45, 7) is 1.67. The molecule has 0 fully saturated rings. The van der Waals surface area contributed by atoms with Crippen molar-refractivity contribution in [3.63, 3.8) is 0 Å². The molecule has 0 aromatic heterocycles. The minimum Gasteiger partial charge on any atom is -0.464 e. The lowest BCUT2D eigenvalue weighted by molar-refractivity contribution is -0.149. The van der Waals surface area contributed by atoms with Gasteiger partial charge in [-0.2, -0.15) is 5.26 Å². The fourth-order valence-electron chi connectivity index (χ4n) is 1.42. The van der Waals surface area contributed by atoms with Gasteiger partial charge < -0.3 is 10.5 Å². The van der Waals surface area contributed by atoms with Crippen LogP contribution in [-0.2, 0) is 9.53 Å². The van der Waals surface area contributed by atoms with E-state index in [9.17, 15) is 9.18 Å². The SMILES string of the molecule is CCOC(=O)C(F)[C@@H](N)c1ccccc1C#N.Cl. The maximum atomic E-state index is 13.7. The van der Waals surface area contributed by atoms with E-state index < -0.39 is 18.2 Å². The normalized spacial score (nSPS) is 12.8. The minimum atomic E-state index is -1.97. The van der Waals surface area contributed by atoms with Gasteiger partial charge in [-0.05, 0) is 18.6 Å². The Balaban J connectivity index is 0.00000289. The maximum Gasteiger partial charge on any atom is 0.342 e. The van der Waals surface area contributed by atoms with E-state index in [0.29, 0.717) is 5.56 Å². The molecule has 2 atom stereocenters. The van der Waals surface area contributed by atoms with Gasteiger partial charge in [0, 0.05) is 0 Å². The number of nitriles is 1. The number of rotatable bonds is 4. The molecule has 0 bridgehead atoms. The number of nitrogens with two attached hydrogens (primary N) is 1. The van der Waals surface area contributed by atoms with Crippen molar-refractivity contribution in [2.75, 3.05) is 6.61 Å². The van der Waals surface area contributed by atoms with Gasteiger partial charge in [-0.1, -0.05) is 18.2 Å². The highest BCUT2D eigenvalue weighted by Crippen LogP contribution is 2.21. The number of halogens is 2. The fourth-order valence-corrected chi connectivity index (χ4v) is 1.42. The van der Waals surface area contributed by atoms with Crippen LogP contribution in [0.3, 0.4) is 0 Å². The molecule has 0 saturated carbocycles. The molecule has 0 aliphatic rings. The third-order valence-corrected chi connectivity index (χ3v) is 2.27. The summed E-state index contributed by atoms with van der Waals surface area (Å²) in [4.78, 5) is 11.2. The zero-order valence-electron chi connectivity index (χ0n) is 9.80. The van der Waals surface area contributed by atoms with Gasteiger partial charge in [0.05, 0.1) is 24.3 Å². The fraction of sp³-hybridized carbons (Fsp3) is 0.333. The number of carbonyl (C=O) groups excluding carboxylic acids is 1. The third-order valence-electron chi connectivity index (χ3n) is 2.27. The largest absolute Gasteiger partial charge is 0.464 e. The van der Waals surface area contributed by atoms with Crippen molar-refractivity contribution < 1.29 is 13.9 Å². The molecule has 6 heteroatoms. The van der Waals surface area contributed by atoms with Gasteiger partial charge in [0.25, 0.3) is 0 Å². The van der Waals surface area contributed by atoms with Crippen LogP contribution in [0.15, 0.2) is 24.3 Å². The summed E-state index contributed by atoms with van der Waals surface area (Å²) in [6, 6.07) is 7.04. The van der Waals surface area contributed by atoms with Crippen LogP contribution in [0, 0.1) is 11.3 Å². The predicted octanol–water partition coefficient (Wildman–Crippen LogP) is 1.88. The van der Waals surface area contributed by atoms with Gasteiger partial charge in [0.15, 0.2) is 0 Å². The highest BCUT2D eigenvalue weighted by molar-refractivity contribution is 5.85. The Morgan fingerprint density at radius 1 is 1.56 bits per heavy atom. The van der Waals surface area contributed by atoms with Gasteiger partial charge >= 0.3 is 5.97 Å². The first kappa shape index (κ1) is 16.4. The van der Waals surface area contributed by atoms with Crippen molar-refractivity contribution in [2.45, 2.75) is 19.1 Å². The number of nitrogens with zero attached hydrogens (tertiary/aromatic N) is 1. The summed E-state index contributed by atoms with van der Waals surface area (Å²) >= 11 is 0. The summed E-state index contributed by atoms with van der Waals surface area (Å²) in [6.07, 6.45) is -1.97. The molecule has 0 aliphatic heterocycles. The summed E-state index contributed by atoms with van der Waals surface area (Å²) in [5, 5.41) is 8.85. The maximum absolute atomic E-state index is 13.7. The number of benzene rings is 1. The quantitative estimate of drug-likeness (QED) is 0.849. The molecule has 0 radical (unpaired) electrons. The zero-order chi connectivity index (χ0) is 12.8. The number of esters is 1. The standard InChI is InChI=1S/C12H13FN2O2.ClH/c1-2-17-12(16)10(13)11(15)9-6-4-3-5-8(9)7-14;/h3-6,10-11H,2,15H2,1H3;1H/t10?,11-;/m0./s1. The lowest BCUT2D eigenvalue weighted by Gasteiger charge is -2.16. The Labute approximate surface area is 111 Å². The summed E-state index contributed by atoms with van der Waals surface area (Å²) in [7, 11) is 0. The molecule has 1 aromatic carbocycles. The Bertz CT molecular complexity index is 448. The molecular formula is C12H14ClFN2O2. The molecule has 0 spiro atoms. The van der Waals surface area contributed by atoms with Crippen LogP contribution in [0.4, 0.5) is 4.39 Å².